The zero-order chi connectivity index (χ0) is 24.7. The number of thioether (sulfide) groups is 1. The Morgan fingerprint density at radius 3 is 2.74 bits per heavy atom. The second-order valence-electron chi connectivity index (χ2n) is 12.2. The van der Waals surface area contributed by atoms with E-state index < -0.39 is 23.0 Å². The monoisotopic (exact) mass is 491 g/mol. The highest BCUT2D eigenvalue weighted by Crippen LogP contribution is 2.68. The van der Waals surface area contributed by atoms with Gasteiger partial charge in [0.1, 0.15) is 11.9 Å². The molecule has 2 N–H and O–H groups in total. The van der Waals surface area contributed by atoms with Gasteiger partial charge in [-0.2, -0.15) is 0 Å². The zero-order valence-corrected chi connectivity index (χ0v) is 22.4. The van der Waals surface area contributed by atoms with Crippen molar-refractivity contribution in [3.05, 3.63) is 12.7 Å². The molecule has 4 rings (SSSR count). The molecule has 0 amide bonds. The van der Waals surface area contributed by atoms with Crippen LogP contribution in [0.1, 0.15) is 79.1 Å². The quantitative estimate of drug-likeness (QED) is 0.426. The van der Waals surface area contributed by atoms with E-state index in [1.807, 2.05) is 13.0 Å². The first kappa shape index (κ1) is 26.2. The van der Waals surface area contributed by atoms with Gasteiger partial charge in [-0.05, 0) is 75.3 Å². The predicted octanol–water partition coefficient (Wildman–Crippen LogP) is 4.77. The third kappa shape index (κ3) is 4.30. The molecule has 6 heteroatoms. The minimum atomic E-state index is -0.620. The minimum Gasteiger partial charge on any atom is -0.461 e. The van der Waals surface area contributed by atoms with Gasteiger partial charge < -0.3 is 15.2 Å². The van der Waals surface area contributed by atoms with E-state index >= 15 is 0 Å². The molecule has 3 aliphatic carbocycles. The third-order valence-corrected chi connectivity index (χ3v) is 11.9. The molecule has 1 saturated heterocycles. The lowest BCUT2D eigenvalue weighted by Crippen LogP contribution is -2.63. The van der Waals surface area contributed by atoms with Crippen molar-refractivity contribution in [2.75, 3.05) is 18.8 Å². The number of ketones is 1. The lowest BCUT2D eigenvalue weighted by atomic mass is 9.44. The molecule has 0 aromatic heterocycles. The van der Waals surface area contributed by atoms with Gasteiger partial charge in [-0.3, -0.25) is 9.59 Å². The summed E-state index contributed by atoms with van der Waals surface area (Å²) in [6, 6.07) is 0. The lowest BCUT2D eigenvalue weighted by Gasteiger charge is -2.61. The highest BCUT2D eigenvalue weighted by molar-refractivity contribution is 8.00. The molecule has 0 radical (unpaired) electrons. The zero-order valence-electron chi connectivity index (χ0n) is 21.6. The van der Waals surface area contributed by atoms with Gasteiger partial charge in [-0.1, -0.05) is 33.8 Å². The van der Waals surface area contributed by atoms with Gasteiger partial charge in [0.2, 0.25) is 0 Å². The fraction of sp³-hybridized carbons (Fsp3) is 0.857. The second-order valence-corrected chi connectivity index (χ2v) is 13.5. The van der Waals surface area contributed by atoms with Crippen molar-refractivity contribution >= 4 is 23.5 Å². The lowest BCUT2D eigenvalue weighted by molar-refractivity contribution is -0.205. The van der Waals surface area contributed by atoms with E-state index in [0.29, 0.717) is 29.6 Å². The van der Waals surface area contributed by atoms with Gasteiger partial charge in [0.05, 0.1) is 11.9 Å². The van der Waals surface area contributed by atoms with Crippen LogP contribution in [0.4, 0.5) is 0 Å². The number of rotatable bonds is 5. The second kappa shape index (κ2) is 9.89. The summed E-state index contributed by atoms with van der Waals surface area (Å²) in [5.41, 5.74) is -1.24. The number of hydrogen-bond acceptors (Lipinski definition) is 6. The van der Waals surface area contributed by atoms with Gasteiger partial charge >= 0.3 is 5.97 Å². The van der Waals surface area contributed by atoms with Crippen molar-refractivity contribution in [1.29, 1.82) is 0 Å². The van der Waals surface area contributed by atoms with E-state index in [1.165, 1.54) is 0 Å². The first-order chi connectivity index (χ1) is 16.1. The number of esters is 1. The van der Waals surface area contributed by atoms with Crippen molar-refractivity contribution in [2.45, 2.75) is 96.5 Å². The summed E-state index contributed by atoms with van der Waals surface area (Å²) in [7, 11) is 0. The van der Waals surface area contributed by atoms with Crippen LogP contribution >= 0.6 is 11.8 Å². The molecule has 9 atom stereocenters. The molecule has 4 fully saturated rings. The summed E-state index contributed by atoms with van der Waals surface area (Å²) >= 11 is 1.71. The molecule has 4 aliphatic rings. The van der Waals surface area contributed by atoms with Crippen molar-refractivity contribution < 1.29 is 19.4 Å². The van der Waals surface area contributed by atoms with Crippen LogP contribution in [0.3, 0.4) is 0 Å². The van der Waals surface area contributed by atoms with Gasteiger partial charge in [0, 0.05) is 28.4 Å². The van der Waals surface area contributed by atoms with Gasteiger partial charge in [-0.15, -0.1) is 18.3 Å². The fourth-order valence-corrected chi connectivity index (χ4v) is 9.09. The van der Waals surface area contributed by atoms with E-state index in [2.05, 4.69) is 32.7 Å². The summed E-state index contributed by atoms with van der Waals surface area (Å²) in [6.07, 6.45) is 8.04. The summed E-state index contributed by atoms with van der Waals surface area (Å²) < 4.78 is 6.36. The summed E-state index contributed by atoms with van der Waals surface area (Å²) in [5, 5.41) is 15.5. The molecule has 5 unspecified atom stereocenters. The molecule has 0 aromatic rings. The molecule has 3 saturated carbocycles. The smallest absolute Gasteiger partial charge is 0.316 e. The number of carbonyl (C=O) groups excluding carboxylic acids is 2. The average Bonchev–Trinajstić information content (AvgIpc) is 2.99. The van der Waals surface area contributed by atoms with Crippen LogP contribution in [0.5, 0.6) is 0 Å². The van der Waals surface area contributed by atoms with Gasteiger partial charge in [-0.25, -0.2) is 0 Å². The van der Waals surface area contributed by atoms with Crippen molar-refractivity contribution in [1.82, 2.24) is 5.32 Å². The average molecular weight is 492 g/mol. The molecule has 5 nitrogen and oxygen atoms in total. The van der Waals surface area contributed by atoms with E-state index in [0.717, 1.165) is 51.6 Å². The van der Waals surface area contributed by atoms with Crippen molar-refractivity contribution in [3.8, 4) is 0 Å². The number of aliphatic hydroxyl groups excluding tert-OH is 1. The normalized spacial score (nSPS) is 47.1. The van der Waals surface area contributed by atoms with Crippen LogP contribution in [0, 0.1) is 34.0 Å². The van der Waals surface area contributed by atoms with Crippen molar-refractivity contribution in [2.24, 2.45) is 34.0 Å². The highest BCUT2D eigenvalue weighted by atomic mass is 32.2. The molecular weight excluding hydrogens is 446 g/mol. The maximum absolute atomic E-state index is 13.5. The molecule has 192 valence electrons. The first-order valence-corrected chi connectivity index (χ1v) is 14.5. The minimum absolute atomic E-state index is 0.00479. The molecule has 0 spiro atoms. The van der Waals surface area contributed by atoms with E-state index in [-0.39, 0.29) is 29.1 Å². The SMILES string of the molecule is C=C[C@]1(C)C[C@@H](OC(=O)CSC2CCCNCC2)[C@]2(C)C(C)CCC3(CCC(=O)C32)[C@@H](C)C1O. The molecule has 1 heterocycles. The Labute approximate surface area is 210 Å². The van der Waals surface area contributed by atoms with Crippen LogP contribution in [0.25, 0.3) is 0 Å². The number of nitrogens with one attached hydrogen (secondary N) is 1. The number of ether oxygens (including phenoxy) is 1. The molecular formula is C28H45NO4S. The van der Waals surface area contributed by atoms with Crippen LogP contribution in [-0.4, -0.2) is 53.2 Å². The Morgan fingerprint density at radius 1 is 1.24 bits per heavy atom. The molecule has 0 aromatic carbocycles. The van der Waals surface area contributed by atoms with E-state index in [4.69, 9.17) is 4.74 Å². The largest absolute Gasteiger partial charge is 0.461 e. The maximum atomic E-state index is 13.5. The molecule has 2 bridgehead atoms. The van der Waals surface area contributed by atoms with Crippen LogP contribution < -0.4 is 5.32 Å². The Balaban J connectivity index is 1.63. The van der Waals surface area contributed by atoms with Gasteiger partial charge in [0.25, 0.3) is 0 Å². The van der Waals surface area contributed by atoms with Crippen LogP contribution in [0.15, 0.2) is 12.7 Å². The standard InChI is InChI=1S/C28H45NO4S/c1-6-26(4)16-22(33-23(31)17-34-20-8-7-14-29-15-11-20)27(5)18(2)9-12-28(19(3)25(26)32)13-10-21(30)24(27)28/h6,18-20,22,24-25,29,32H,1,7-17H2,2-5H3/t18?,19-,20?,22+,24?,25?,26+,27-,28?/m0/s1. The van der Waals surface area contributed by atoms with Crippen LogP contribution in [0.2, 0.25) is 0 Å². The molecule has 34 heavy (non-hydrogen) atoms. The molecule has 1 aliphatic heterocycles. The highest BCUT2D eigenvalue weighted by Gasteiger charge is 2.68. The third-order valence-electron chi connectivity index (χ3n) is 10.5. The summed E-state index contributed by atoms with van der Waals surface area (Å²) in [4.78, 5) is 26.7. The number of Topliss-reactive ketones (excluding diaryl/α,β-unsaturated/α-hetero) is 1. The topological polar surface area (TPSA) is 75.6 Å². The number of hydrogen-bond donors (Lipinski definition) is 2. The predicted molar refractivity (Wildman–Crippen MR) is 138 cm³/mol. The summed E-state index contributed by atoms with van der Waals surface area (Å²) in [5.74, 6) is 0.561. The van der Waals surface area contributed by atoms with Crippen LogP contribution in [-0.2, 0) is 14.3 Å². The number of carbonyl (C=O) groups is 2. The fourth-order valence-electron chi connectivity index (χ4n) is 8.03. The first-order valence-electron chi connectivity index (χ1n) is 13.4. The Kier molecular flexibility index (Phi) is 7.63. The Hall–Kier alpha value is -0.850. The van der Waals surface area contributed by atoms with Gasteiger partial charge in [0.15, 0.2) is 0 Å². The Bertz CT molecular complexity index is 795. The van der Waals surface area contributed by atoms with E-state index in [1.54, 1.807) is 11.8 Å². The maximum Gasteiger partial charge on any atom is 0.316 e. The number of aliphatic hydroxyl groups is 1. The Morgan fingerprint density at radius 2 is 2.00 bits per heavy atom. The van der Waals surface area contributed by atoms with E-state index in [9.17, 15) is 14.7 Å². The summed E-state index contributed by atoms with van der Waals surface area (Å²) in [6.45, 7) is 14.8. The van der Waals surface area contributed by atoms with Crippen molar-refractivity contribution in [3.63, 3.8) is 0 Å².